The summed E-state index contributed by atoms with van der Waals surface area (Å²) in [7, 11) is 0. The number of hydrogen-bond acceptors (Lipinski definition) is 4. The van der Waals surface area contributed by atoms with Crippen molar-refractivity contribution in [1.82, 2.24) is 10.2 Å². The molecule has 1 saturated carbocycles. The van der Waals surface area contributed by atoms with E-state index in [-0.39, 0.29) is 24.8 Å². The Morgan fingerprint density at radius 2 is 2.00 bits per heavy atom. The number of carbonyl (C=O) groups is 3. The van der Waals surface area contributed by atoms with E-state index in [1.165, 1.54) is 4.90 Å². The van der Waals surface area contributed by atoms with Crippen molar-refractivity contribution < 1.29 is 14.4 Å². The van der Waals surface area contributed by atoms with Crippen LogP contribution in [0.2, 0.25) is 0 Å². The molecule has 1 aliphatic heterocycles. The quantitative estimate of drug-likeness (QED) is 0.728. The zero-order valence-electron chi connectivity index (χ0n) is 12.0. The van der Waals surface area contributed by atoms with E-state index in [0.717, 1.165) is 32.1 Å². The van der Waals surface area contributed by atoms with Crippen molar-refractivity contribution in [2.75, 3.05) is 6.54 Å². The van der Waals surface area contributed by atoms with Gasteiger partial charge >= 0.3 is 0 Å². The fraction of sp³-hybridized carbons (Fsp3) is 0.786. The molecule has 1 heterocycles. The molecule has 6 nitrogen and oxygen atoms in total. The first-order chi connectivity index (χ1) is 9.45. The number of imide groups is 1. The van der Waals surface area contributed by atoms with Gasteiger partial charge in [0.2, 0.25) is 17.7 Å². The summed E-state index contributed by atoms with van der Waals surface area (Å²) in [5.41, 5.74) is 5.82. The van der Waals surface area contributed by atoms with Crippen molar-refractivity contribution >= 4 is 17.7 Å². The zero-order valence-corrected chi connectivity index (χ0v) is 12.0. The molecule has 2 fully saturated rings. The maximum atomic E-state index is 12.4. The fourth-order valence-corrected chi connectivity index (χ4v) is 3.17. The van der Waals surface area contributed by atoms with Crippen LogP contribution in [0.4, 0.5) is 0 Å². The summed E-state index contributed by atoms with van der Waals surface area (Å²) < 4.78 is 0. The maximum absolute atomic E-state index is 12.4. The molecule has 20 heavy (non-hydrogen) atoms. The molecule has 6 heteroatoms. The topological polar surface area (TPSA) is 92.5 Å². The largest absolute Gasteiger partial charge is 0.325 e. The highest BCUT2D eigenvalue weighted by molar-refractivity contribution is 6.04. The lowest BCUT2D eigenvalue weighted by Crippen LogP contribution is -2.60. The van der Waals surface area contributed by atoms with Gasteiger partial charge in [0.1, 0.15) is 12.6 Å². The van der Waals surface area contributed by atoms with Gasteiger partial charge in [-0.05, 0) is 19.3 Å². The Balaban J connectivity index is 2.06. The Hall–Kier alpha value is -1.43. The minimum atomic E-state index is -0.549. The minimum absolute atomic E-state index is 0.0425. The van der Waals surface area contributed by atoms with Crippen LogP contribution in [0.25, 0.3) is 0 Å². The van der Waals surface area contributed by atoms with Crippen LogP contribution in [-0.4, -0.2) is 40.7 Å². The third kappa shape index (κ3) is 3.17. The number of nitrogens with zero attached hydrogens (tertiary/aromatic N) is 1. The first-order valence-electron chi connectivity index (χ1n) is 7.37. The Bertz CT molecular complexity index is 416. The lowest BCUT2D eigenvalue weighted by atomic mass is 9.80. The lowest BCUT2D eigenvalue weighted by Gasteiger charge is -2.38. The van der Waals surface area contributed by atoms with Crippen LogP contribution in [0.15, 0.2) is 0 Å². The van der Waals surface area contributed by atoms with Crippen LogP contribution >= 0.6 is 0 Å². The van der Waals surface area contributed by atoms with Crippen LogP contribution in [0.5, 0.6) is 0 Å². The van der Waals surface area contributed by atoms with E-state index >= 15 is 0 Å². The predicted molar refractivity (Wildman–Crippen MR) is 73.6 cm³/mol. The smallest absolute Gasteiger partial charge is 0.249 e. The van der Waals surface area contributed by atoms with E-state index in [9.17, 15) is 14.4 Å². The van der Waals surface area contributed by atoms with Gasteiger partial charge in [0.05, 0.1) is 0 Å². The fourth-order valence-electron chi connectivity index (χ4n) is 3.17. The summed E-state index contributed by atoms with van der Waals surface area (Å²) in [6.07, 6.45) is 5.65. The van der Waals surface area contributed by atoms with Crippen molar-refractivity contribution in [3.05, 3.63) is 0 Å². The molecule has 1 atom stereocenters. The van der Waals surface area contributed by atoms with Crippen molar-refractivity contribution in [1.29, 1.82) is 0 Å². The molecule has 0 spiro atoms. The normalized spacial score (nSPS) is 26.3. The molecule has 2 aliphatic rings. The second-order valence-electron chi connectivity index (χ2n) is 5.96. The lowest BCUT2D eigenvalue weighted by molar-refractivity contribution is -0.151. The third-order valence-electron chi connectivity index (χ3n) is 4.32. The highest BCUT2D eigenvalue weighted by Crippen LogP contribution is 2.29. The molecule has 0 aromatic heterocycles. The maximum Gasteiger partial charge on any atom is 0.249 e. The van der Waals surface area contributed by atoms with Crippen LogP contribution < -0.4 is 11.1 Å². The van der Waals surface area contributed by atoms with Gasteiger partial charge in [-0.2, -0.15) is 0 Å². The molecule has 3 N–H and O–H groups in total. The van der Waals surface area contributed by atoms with Crippen LogP contribution in [0.3, 0.4) is 0 Å². The first-order valence-corrected chi connectivity index (χ1v) is 7.37. The van der Waals surface area contributed by atoms with Gasteiger partial charge in [-0.1, -0.05) is 26.2 Å². The summed E-state index contributed by atoms with van der Waals surface area (Å²) in [5, 5.41) is 2.28. The molecule has 1 aliphatic carbocycles. The minimum Gasteiger partial charge on any atom is -0.325 e. The van der Waals surface area contributed by atoms with E-state index in [4.69, 9.17) is 5.73 Å². The molecular weight excluding hydrogens is 258 g/mol. The van der Waals surface area contributed by atoms with Gasteiger partial charge in [0, 0.05) is 12.0 Å². The summed E-state index contributed by atoms with van der Waals surface area (Å²) in [5.74, 6) is -0.973. The van der Waals surface area contributed by atoms with Crippen LogP contribution in [0.1, 0.15) is 51.9 Å². The molecule has 0 aromatic rings. The van der Waals surface area contributed by atoms with Gasteiger partial charge in [-0.15, -0.1) is 0 Å². The van der Waals surface area contributed by atoms with E-state index in [1.807, 2.05) is 6.92 Å². The highest BCUT2D eigenvalue weighted by atomic mass is 16.2. The van der Waals surface area contributed by atoms with Gasteiger partial charge in [0.15, 0.2) is 0 Å². The van der Waals surface area contributed by atoms with E-state index in [1.54, 1.807) is 0 Å². The zero-order chi connectivity index (χ0) is 14.8. The van der Waals surface area contributed by atoms with E-state index in [0.29, 0.717) is 6.42 Å². The molecule has 1 unspecified atom stereocenters. The predicted octanol–water partition coefficient (Wildman–Crippen LogP) is 0.302. The molecule has 1 saturated heterocycles. The molecule has 3 amide bonds. The highest BCUT2D eigenvalue weighted by Gasteiger charge is 2.38. The monoisotopic (exact) mass is 281 g/mol. The summed E-state index contributed by atoms with van der Waals surface area (Å²) in [6.45, 7) is 1.79. The van der Waals surface area contributed by atoms with E-state index in [2.05, 4.69) is 5.32 Å². The standard InChI is InChI=1S/C14H23N3O3/c1-2-10-13(20)16-11(18)9-17(10)12(19)8-14(15)6-4-3-5-7-14/h10H,2-9,15H2,1H3,(H,16,18,20). The van der Waals surface area contributed by atoms with Gasteiger partial charge in [-0.3, -0.25) is 19.7 Å². The third-order valence-corrected chi connectivity index (χ3v) is 4.32. The Kier molecular flexibility index (Phi) is 4.42. The second kappa shape index (κ2) is 5.91. The van der Waals surface area contributed by atoms with E-state index < -0.39 is 17.5 Å². The van der Waals surface area contributed by atoms with Gasteiger partial charge in [-0.25, -0.2) is 0 Å². The molecule has 112 valence electrons. The second-order valence-corrected chi connectivity index (χ2v) is 5.96. The molecule has 0 bridgehead atoms. The number of rotatable bonds is 3. The average molecular weight is 281 g/mol. The number of nitrogens with two attached hydrogens (primary N) is 1. The average Bonchev–Trinajstić information content (AvgIpc) is 2.38. The number of hydrogen-bond donors (Lipinski definition) is 2. The first kappa shape index (κ1) is 15.0. The Labute approximate surface area is 119 Å². The number of piperazine rings is 1. The van der Waals surface area contributed by atoms with Crippen molar-refractivity contribution in [3.8, 4) is 0 Å². The van der Waals surface area contributed by atoms with Crippen LogP contribution in [-0.2, 0) is 14.4 Å². The summed E-state index contributed by atoms with van der Waals surface area (Å²) in [4.78, 5) is 37.1. The summed E-state index contributed by atoms with van der Waals surface area (Å²) in [6, 6.07) is -0.549. The SMILES string of the molecule is CCC1C(=O)NC(=O)CN1C(=O)CC1(N)CCCCC1. The number of nitrogens with one attached hydrogen (secondary N) is 1. The molecular formula is C14H23N3O3. The Morgan fingerprint density at radius 3 is 2.60 bits per heavy atom. The van der Waals surface area contributed by atoms with Crippen molar-refractivity contribution in [2.45, 2.75) is 63.5 Å². The number of amides is 3. The van der Waals surface area contributed by atoms with Gasteiger partial charge < -0.3 is 10.6 Å². The summed E-state index contributed by atoms with van der Waals surface area (Å²) >= 11 is 0. The van der Waals surface area contributed by atoms with Gasteiger partial charge in [0.25, 0.3) is 0 Å². The number of carbonyl (C=O) groups excluding carboxylic acids is 3. The van der Waals surface area contributed by atoms with Crippen LogP contribution in [0, 0.1) is 0 Å². The molecule has 2 rings (SSSR count). The molecule has 0 aromatic carbocycles. The van der Waals surface area contributed by atoms with Crippen molar-refractivity contribution in [3.63, 3.8) is 0 Å². The Morgan fingerprint density at radius 1 is 1.35 bits per heavy atom. The molecule has 0 radical (unpaired) electrons. The van der Waals surface area contributed by atoms with Crippen molar-refractivity contribution in [2.24, 2.45) is 5.73 Å².